The van der Waals surface area contributed by atoms with Gasteiger partial charge in [-0.25, -0.2) is 0 Å². The van der Waals surface area contributed by atoms with Gasteiger partial charge in [-0.2, -0.15) is 5.10 Å². The van der Waals surface area contributed by atoms with Gasteiger partial charge in [-0.3, -0.25) is 9.89 Å². The molecule has 5 heteroatoms. The van der Waals surface area contributed by atoms with Crippen molar-refractivity contribution in [1.82, 2.24) is 20.8 Å². The van der Waals surface area contributed by atoms with Crippen LogP contribution in [0.3, 0.4) is 0 Å². The maximum absolute atomic E-state index is 12.9. The predicted octanol–water partition coefficient (Wildman–Crippen LogP) is 2.56. The van der Waals surface area contributed by atoms with Crippen LogP contribution in [0.2, 0.25) is 0 Å². The minimum Gasteiger partial charge on any atom is -0.340 e. The number of rotatable bonds is 2. The Morgan fingerprint density at radius 1 is 1.04 bits per heavy atom. The Bertz CT molecular complexity index is 930. The van der Waals surface area contributed by atoms with Gasteiger partial charge in [0, 0.05) is 12.1 Å². The Kier molecular flexibility index (Phi) is 3.21. The lowest BCUT2D eigenvalue weighted by molar-refractivity contribution is 0.0937. The lowest BCUT2D eigenvalue weighted by Gasteiger charge is -2.17. The first kappa shape index (κ1) is 14.4. The second kappa shape index (κ2) is 5.57. The van der Waals surface area contributed by atoms with E-state index in [1.165, 1.54) is 11.1 Å². The molecule has 25 heavy (non-hydrogen) atoms. The van der Waals surface area contributed by atoms with Crippen molar-refractivity contribution in [3.63, 3.8) is 0 Å². The molecule has 5 rings (SSSR count). The second-order valence-corrected chi connectivity index (χ2v) is 6.54. The van der Waals surface area contributed by atoms with Crippen LogP contribution in [0.5, 0.6) is 0 Å². The van der Waals surface area contributed by atoms with Gasteiger partial charge in [-0.05, 0) is 35.2 Å². The van der Waals surface area contributed by atoms with Crippen LogP contribution >= 0.6 is 0 Å². The molecular formula is C20H18N4O. The molecule has 1 aliphatic carbocycles. The maximum atomic E-state index is 12.9. The highest BCUT2D eigenvalue weighted by molar-refractivity contribution is 5.95. The summed E-state index contributed by atoms with van der Waals surface area (Å²) in [5.41, 5.74) is 7.25. The number of amides is 1. The molecule has 0 fully saturated rings. The van der Waals surface area contributed by atoms with Crippen molar-refractivity contribution >= 4 is 5.91 Å². The number of nitrogens with one attached hydrogen (secondary N) is 3. The van der Waals surface area contributed by atoms with Crippen molar-refractivity contribution in [2.45, 2.75) is 19.0 Å². The summed E-state index contributed by atoms with van der Waals surface area (Å²) < 4.78 is 0. The smallest absolute Gasteiger partial charge is 0.272 e. The van der Waals surface area contributed by atoms with E-state index in [0.717, 1.165) is 41.9 Å². The van der Waals surface area contributed by atoms with E-state index >= 15 is 0 Å². The Morgan fingerprint density at radius 3 is 2.44 bits per heavy atom. The molecule has 3 aromatic rings. The lowest BCUT2D eigenvalue weighted by atomic mass is 10.0. The average molecular weight is 330 g/mol. The fourth-order valence-corrected chi connectivity index (χ4v) is 3.94. The molecule has 0 atom stereocenters. The third-order valence-electron chi connectivity index (χ3n) is 5.13. The van der Waals surface area contributed by atoms with Crippen molar-refractivity contribution in [2.24, 2.45) is 0 Å². The summed E-state index contributed by atoms with van der Waals surface area (Å²) in [4.78, 5) is 12.9. The van der Waals surface area contributed by atoms with Gasteiger partial charge in [0.25, 0.3) is 5.91 Å². The van der Waals surface area contributed by atoms with Crippen molar-refractivity contribution in [1.29, 1.82) is 0 Å². The number of benzene rings is 2. The van der Waals surface area contributed by atoms with Crippen molar-refractivity contribution in [3.05, 3.63) is 76.6 Å². The molecule has 1 aromatic heterocycles. The molecule has 0 saturated heterocycles. The van der Waals surface area contributed by atoms with Crippen LogP contribution in [-0.4, -0.2) is 22.6 Å². The summed E-state index contributed by atoms with van der Waals surface area (Å²) in [6.07, 6.45) is 0.826. The number of hydrogen-bond donors (Lipinski definition) is 3. The highest BCUT2D eigenvalue weighted by Gasteiger charge is 2.31. The van der Waals surface area contributed by atoms with Crippen LogP contribution in [0.1, 0.15) is 38.9 Å². The van der Waals surface area contributed by atoms with Gasteiger partial charge in [0.2, 0.25) is 0 Å². The van der Waals surface area contributed by atoms with Crippen molar-refractivity contribution < 1.29 is 4.79 Å². The molecule has 0 bridgehead atoms. The number of aromatic amines is 1. The number of hydrogen-bond acceptors (Lipinski definition) is 3. The van der Waals surface area contributed by atoms with Crippen molar-refractivity contribution in [2.75, 3.05) is 6.54 Å². The number of carbonyl (C=O) groups is 1. The zero-order chi connectivity index (χ0) is 16.8. The van der Waals surface area contributed by atoms with Gasteiger partial charge in [0.05, 0.1) is 11.7 Å². The zero-order valence-corrected chi connectivity index (χ0v) is 13.7. The summed E-state index contributed by atoms with van der Waals surface area (Å²) in [6, 6.07) is 16.4. The van der Waals surface area contributed by atoms with E-state index in [1.54, 1.807) is 0 Å². The molecule has 3 N–H and O–H groups in total. The first-order valence-electron chi connectivity index (χ1n) is 8.59. The Hall–Kier alpha value is -2.92. The first-order valence-corrected chi connectivity index (χ1v) is 8.59. The summed E-state index contributed by atoms with van der Waals surface area (Å²) in [5.74, 6) is -0.115. The van der Waals surface area contributed by atoms with Gasteiger partial charge in [-0.1, -0.05) is 48.5 Å². The summed E-state index contributed by atoms with van der Waals surface area (Å²) in [6.45, 7) is 1.62. The largest absolute Gasteiger partial charge is 0.340 e. The SMILES string of the molecule is O=C(NC1c2ccccc2-c2ccccc21)c1n[nH]c2c1CCNC2. The number of carbonyl (C=O) groups excluding carboxylic acids is 1. The van der Waals surface area contributed by atoms with E-state index in [1.807, 2.05) is 24.3 Å². The first-order chi connectivity index (χ1) is 12.3. The fourth-order valence-electron chi connectivity index (χ4n) is 3.94. The van der Waals surface area contributed by atoms with E-state index in [9.17, 15) is 4.79 Å². The zero-order valence-electron chi connectivity index (χ0n) is 13.7. The molecule has 2 aliphatic rings. The van der Waals surface area contributed by atoms with Gasteiger partial charge < -0.3 is 10.6 Å². The average Bonchev–Trinajstić information content (AvgIpc) is 3.22. The van der Waals surface area contributed by atoms with Gasteiger partial charge >= 0.3 is 0 Å². The van der Waals surface area contributed by atoms with Crippen LogP contribution in [0.15, 0.2) is 48.5 Å². The predicted molar refractivity (Wildman–Crippen MR) is 95.2 cm³/mol. The summed E-state index contributed by atoms with van der Waals surface area (Å²) >= 11 is 0. The van der Waals surface area contributed by atoms with Crippen LogP contribution in [0, 0.1) is 0 Å². The summed E-state index contributed by atoms with van der Waals surface area (Å²) in [5, 5.41) is 13.8. The van der Waals surface area contributed by atoms with E-state index in [4.69, 9.17) is 0 Å². The minimum absolute atomic E-state index is 0.115. The molecule has 1 amide bonds. The van der Waals surface area contributed by atoms with Gasteiger partial charge in [0.1, 0.15) is 0 Å². The molecule has 124 valence electrons. The molecule has 2 aromatic carbocycles. The molecule has 0 saturated carbocycles. The Labute approximate surface area is 145 Å². The van der Waals surface area contributed by atoms with Crippen LogP contribution in [0.25, 0.3) is 11.1 Å². The molecule has 0 spiro atoms. The molecule has 0 unspecified atom stereocenters. The van der Waals surface area contributed by atoms with E-state index < -0.39 is 0 Å². The van der Waals surface area contributed by atoms with E-state index in [2.05, 4.69) is 45.1 Å². The molecule has 2 heterocycles. The number of H-pyrrole nitrogens is 1. The maximum Gasteiger partial charge on any atom is 0.272 e. The fraction of sp³-hybridized carbons (Fsp3) is 0.200. The minimum atomic E-state index is -0.131. The topological polar surface area (TPSA) is 69.8 Å². The standard InChI is InChI=1S/C20H18N4O/c25-20(19-16-9-10-21-11-17(16)23-24-19)22-18-14-7-3-1-5-12(14)13-6-2-4-8-15(13)18/h1-8,18,21H,9-11H2,(H,22,25)(H,23,24). The lowest BCUT2D eigenvalue weighted by Crippen LogP contribution is -2.30. The van der Waals surface area contributed by atoms with Crippen LogP contribution < -0.4 is 10.6 Å². The van der Waals surface area contributed by atoms with Crippen LogP contribution in [0.4, 0.5) is 0 Å². The number of fused-ring (bicyclic) bond motifs is 4. The monoisotopic (exact) mass is 330 g/mol. The van der Waals surface area contributed by atoms with Crippen molar-refractivity contribution in [3.8, 4) is 11.1 Å². The second-order valence-electron chi connectivity index (χ2n) is 6.54. The Balaban J connectivity index is 1.52. The highest BCUT2D eigenvalue weighted by Crippen LogP contribution is 2.43. The molecular weight excluding hydrogens is 312 g/mol. The third kappa shape index (κ3) is 2.20. The summed E-state index contributed by atoms with van der Waals surface area (Å²) in [7, 11) is 0. The third-order valence-corrected chi connectivity index (χ3v) is 5.13. The molecule has 5 nitrogen and oxygen atoms in total. The highest BCUT2D eigenvalue weighted by atomic mass is 16.2. The quantitative estimate of drug-likeness (QED) is 0.676. The van der Waals surface area contributed by atoms with E-state index in [0.29, 0.717) is 5.69 Å². The normalized spacial score (nSPS) is 15.4. The number of aromatic nitrogens is 2. The van der Waals surface area contributed by atoms with Gasteiger partial charge in [-0.15, -0.1) is 0 Å². The van der Waals surface area contributed by atoms with Crippen LogP contribution in [-0.2, 0) is 13.0 Å². The van der Waals surface area contributed by atoms with E-state index in [-0.39, 0.29) is 11.9 Å². The number of nitrogens with zero attached hydrogens (tertiary/aromatic N) is 1. The Morgan fingerprint density at radius 2 is 1.72 bits per heavy atom. The van der Waals surface area contributed by atoms with Gasteiger partial charge in [0.15, 0.2) is 5.69 Å². The molecule has 0 radical (unpaired) electrons. The molecule has 1 aliphatic heterocycles.